The molecule has 8 nitrogen and oxygen atoms in total. The van der Waals surface area contributed by atoms with Crippen LogP contribution in [0.2, 0.25) is 5.02 Å². The molecule has 3 aromatic rings. The van der Waals surface area contributed by atoms with Gasteiger partial charge >= 0.3 is 0 Å². The van der Waals surface area contributed by atoms with E-state index in [-0.39, 0.29) is 11.8 Å². The topological polar surface area (TPSA) is 108 Å². The highest BCUT2D eigenvalue weighted by atomic mass is 35.5. The lowest BCUT2D eigenvalue weighted by atomic mass is 10.0. The van der Waals surface area contributed by atoms with Crippen LogP contribution in [0.25, 0.3) is 17.5 Å². The summed E-state index contributed by atoms with van der Waals surface area (Å²) >= 11 is 6.04. The minimum atomic E-state index is -0.165. The van der Waals surface area contributed by atoms with Gasteiger partial charge in [0.1, 0.15) is 11.6 Å². The Bertz CT molecular complexity index is 1260. The molecule has 0 saturated heterocycles. The lowest BCUT2D eigenvalue weighted by molar-refractivity contribution is -0.119. The summed E-state index contributed by atoms with van der Waals surface area (Å²) in [4.78, 5) is 32.8. The summed E-state index contributed by atoms with van der Waals surface area (Å²) in [6, 6.07) is 15.5. The van der Waals surface area contributed by atoms with Crippen molar-refractivity contribution in [3.63, 3.8) is 0 Å². The highest BCUT2D eigenvalue weighted by Gasteiger charge is 2.12. The van der Waals surface area contributed by atoms with Gasteiger partial charge in [0.2, 0.25) is 11.8 Å². The summed E-state index contributed by atoms with van der Waals surface area (Å²) in [6.45, 7) is 9.58. The predicted octanol–water partition coefficient (Wildman–Crippen LogP) is 5.02. The van der Waals surface area contributed by atoms with E-state index in [0.29, 0.717) is 54.6 Å². The van der Waals surface area contributed by atoms with Crippen LogP contribution in [0.15, 0.2) is 54.6 Å². The SMILES string of the molecule is CC(=O)NCCNc1nc(-c2ccc(Cl)cc2)nc(NCCNC(=O)/C=C/c2ccc(C(C)C)cc2)c1C. The van der Waals surface area contributed by atoms with Crippen molar-refractivity contribution in [1.82, 2.24) is 20.6 Å². The monoisotopic (exact) mass is 534 g/mol. The summed E-state index contributed by atoms with van der Waals surface area (Å²) in [5, 5.41) is 12.9. The maximum absolute atomic E-state index is 12.3. The van der Waals surface area contributed by atoms with Crippen LogP contribution in [0.4, 0.5) is 11.6 Å². The fourth-order valence-electron chi connectivity index (χ4n) is 3.60. The summed E-state index contributed by atoms with van der Waals surface area (Å²) in [6.07, 6.45) is 3.34. The highest BCUT2D eigenvalue weighted by molar-refractivity contribution is 6.30. The molecule has 0 aliphatic rings. The summed E-state index contributed by atoms with van der Waals surface area (Å²) in [5.74, 6) is 2.07. The largest absolute Gasteiger partial charge is 0.368 e. The lowest BCUT2D eigenvalue weighted by Crippen LogP contribution is -2.28. The molecule has 0 fully saturated rings. The third kappa shape index (κ3) is 8.88. The van der Waals surface area contributed by atoms with Gasteiger partial charge in [-0.25, -0.2) is 9.97 Å². The van der Waals surface area contributed by atoms with Gasteiger partial charge in [0, 0.05) is 55.3 Å². The fourth-order valence-corrected chi connectivity index (χ4v) is 3.72. The molecule has 0 aliphatic heterocycles. The van der Waals surface area contributed by atoms with Gasteiger partial charge in [0.15, 0.2) is 5.82 Å². The number of hydrogen-bond acceptors (Lipinski definition) is 6. The molecule has 38 heavy (non-hydrogen) atoms. The zero-order valence-electron chi connectivity index (χ0n) is 22.3. The molecule has 0 atom stereocenters. The minimum absolute atomic E-state index is 0.0867. The molecule has 1 heterocycles. The predicted molar refractivity (Wildman–Crippen MR) is 155 cm³/mol. The first-order valence-corrected chi connectivity index (χ1v) is 13.0. The smallest absolute Gasteiger partial charge is 0.244 e. The van der Waals surface area contributed by atoms with E-state index in [9.17, 15) is 9.59 Å². The van der Waals surface area contributed by atoms with E-state index < -0.39 is 0 Å². The zero-order chi connectivity index (χ0) is 27.5. The second kappa shape index (κ2) is 14.1. The molecule has 2 amide bonds. The summed E-state index contributed by atoms with van der Waals surface area (Å²) < 4.78 is 0. The van der Waals surface area contributed by atoms with Gasteiger partial charge in [-0.2, -0.15) is 0 Å². The second-order valence-electron chi connectivity index (χ2n) is 9.16. The number of carbonyl (C=O) groups is 2. The number of nitrogens with zero attached hydrogens (tertiary/aromatic N) is 2. The van der Waals surface area contributed by atoms with Crippen molar-refractivity contribution >= 4 is 41.1 Å². The van der Waals surface area contributed by atoms with Crippen molar-refractivity contribution < 1.29 is 9.59 Å². The van der Waals surface area contributed by atoms with Crippen LogP contribution in [0.5, 0.6) is 0 Å². The van der Waals surface area contributed by atoms with E-state index >= 15 is 0 Å². The molecule has 0 unspecified atom stereocenters. The van der Waals surface area contributed by atoms with Crippen molar-refractivity contribution in [1.29, 1.82) is 0 Å². The quantitative estimate of drug-likeness (QED) is 0.192. The molecule has 200 valence electrons. The van der Waals surface area contributed by atoms with E-state index in [2.05, 4.69) is 52.2 Å². The number of amides is 2. The lowest BCUT2D eigenvalue weighted by Gasteiger charge is -2.16. The van der Waals surface area contributed by atoms with Crippen molar-refractivity contribution in [2.45, 2.75) is 33.6 Å². The highest BCUT2D eigenvalue weighted by Crippen LogP contribution is 2.26. The van der Waals surface area contributed by atoms with Gasteiger partial charge in [0.05, 0.1) is 0 Å². The Labute approximate surface area is 229 Å². The van der Waals surface area contributed by atoms with Crippen LogP contribution in [0.1, 0.15) is 43.4 Å². The number of nitrogens with one attached hydrogen (secondary N) is 4. The Morgan fingerprint density at radius 3 is 2.00 bits per heavy atom. The first-order chi connectivity index (χ1) is 18.2. The zero-order valence-corrected chi connectivity index (χ0v) is 23.0. The summed E-state index contributed by atoms with van der Waals surface area (Å²) in [5.41, 5.74) is 3.90. The molecule has 9 heteroatoms. The van der Waals surface area contributed by atoms with E-state index in [4.69, 9.17) is 16.6 Å². The Morgan fingerprint density at radius 1 is 0.868 bits per heavy atom. The van der Waals surface area contributed by atoms with Gasteiger partial charge in [-0.1, -0.05) is 49.7 Å². The molecule has 0 bridgehead atoms. The Balaban J connectivity index is 1.61. The number of hydrogen-bond donors (Lipinski definition) is 4. The molecule has 1 aromatic heterocycles. The fraction of sp³-hybridized carbons (Fsp3) is 0.310. The molecule has 0 spiro atoms. The van der Waals surface area contributed by atoms with Gasteiger partial charge in [-0.3, -0.25) is 9.59 Å². The van der Waals surface area contributed by atoms with Gasteiger partial charge < -0.3 is 21.3 Å². The molecule has 3 rings (SSSR count). The third-order valence-electron chi connectivity index (χ3n) is 5.79. The normalized spacial score (nSPS) is 11.0. The molecule has 0 radical (unpaired) electrons. The number of carbonyl (C=O) groups excluding carboxylic acids is 2. The number of aromatic nitrogens is 2. The van der Waals surface area contributed by atoms with Gasteiger partial charge in [-0.05, 0) is 54.3 Å². The maximum Gasteiger partial charge on any atom is 0.244 e. The number of rotatable bonds is 12. The first-order valence-electron chi connectivity index (χ1n) is 12.7. The standard InChI is InChI=1S/C29H35ClN6O2/c1-19(2)23-8-5-22(6-9-23)7-14-26(38)32-16-18-34-28-20(3)27(33-17-15-31-21(4)37)35-29(36-28)24-10-12-25(30)13-11-24/h5-14,19H,15-18H2,1-4H3,(H,31,37)(H,32,38)(H2,33,34,35,36)/b14-7+. The summed E-state index contributed by atoms with van der Waals surface area (Å²) in [7, 11) is 0. The number of benzene rings is 2. The first kappa shape index (κ1) is 28.7. The van der Waals surface area contributed by atoms with Crippen molar-refractivity contribution in [3.05, 3.63) is 76.3 Å². The number of halogens is 1. The van der Waals surface area contributed by atoms with Crippen LogP contribution in [0.3, 0.4) is 0 Å². The Morgan fingerprint density at radius 2 is 1.45 bits per heavy atom. The average Bonchev–Trinajstić information content (AvgIpc) is 2.90. The maximum atomic E-state index is 12.3. The number of anilines is 2. The van der Waals surface area contributed by atoms with E-state index in [0.717, 1.165) is 16.7 Å². The third-order valence-corrected chi connectivity index (χ3v) is 6.04. The minimum Gasteiger partial charge on any atom is -0.368 e. The molecule has 2 aromatic carbocycles. The average molecular weight is 535 g/mol. The molecule has 0 saturated carbocycles. The van der Waals surface area contributed by atoms with Crippen LogP contribution < -0.4 is 21.3 Å². The van der Waals surface area contributed by atoms with Crippen LogP contribution >= 0.6 is 11.6 Å². The van der Waals surface area contributed by atoms with E-state index in [1.165, 1.54) is 18.6 Å². The van der Waals surface area contributed by atoms with E-state index in [1.807, 2.05) is 31.2 Å². The Kier molecular flexibility index (Phi) is 10.7. The van der Waals surface area contributed by atoms with Crippen molar-refractivity contribution in [2.24, 2.45) is 0 Å². The van der Waals surface area contributed by atoms with Crippen LogP contribution in [-0.4, -0.2) is 48.0 Å². The molecule has 4 N–H and O–H groups in total. The van der Waals surface area contributed by atoms with Gasteiger partial charge in [0.25, 0.3) is 0 Å². The van der Waals surface area contributed by atoms with Crippen LogP contribution in [0, 0.1) is 6.92 Å². The molecular weight excluding hydrogens is 500 g/mol. The Hall–Kier alpha value is -3.91. The van der Waals surface area contributed by atoms with E-state index in [1.54, 1.807) is 18.2 Å². The second-order valence-corrected chi connectivity index (χ2v) is 9.60. The van der Waals surface area contributed by atoms with Crippen LogP contribution in [-0.2, 0) is 9.59 Å². The molecular formula is C29H35ClN6O2. The van der Waals surface area contributed by atoms with Crippen molar-refractivity contribution in [3.8, 4) is 11.4 Å². The molecule has 0 aliphatic carbocycles. The van der Waals surface area contributed by atoms with Gasteiger partial charge in [-0.15, -0.1) is 0 Å². The van der Waals surface area contributed by atoms with Crippen molar-refractivity contribution in [2.75, 3.05) is 36.8 Å².